The molecule has 1 aliphatic heterocycles. The zero-order valence-electron chi connectivity index (χ0n) is 12.5. The highest BCUT2D eigenvalue weighted by Gasteiger charge is 2.28. The second-order valence-corrected chi connectivity index (χ2v) is 7.77. The minimum Gasteiger partial charge on any atom is -0.338 e. The smallest absolute Gasteiger partial charge is 0.255 e. The van der Waals surface area contributed by atoms with Crippen LogP contribution in [0.1, 0.15) is 30.1 Å². The maximum atomic E-state index is 12.7. The fourth-order valence-corrected chi connectivity index (χ4v) is 3.64. The summed E-state index contributed by atoms with van der Waals surface area (Å²) < 4.78 is 23.6. The van der Waals surface area contributed by atoms with Gasteiger partial charge in [-0.05, 0) is 37.8 Å². The lowest BCUT2D eigenvalue weighted by molar-refractivity contribution is 0.0657. The molecule has 0 bridgehead atoms. The Labute approximate surface area is 126 Å². The van der Waals surface area contributed by atoms with Crippen LogP contribution in [0.15, 0.2) is 29.2 Å². The third-order valence-electron chi connectivity index (χ3n) is 4.01. The average molecular weight is 310 g/mol. The molecule has 1 saturated heterocycles. The Morgan fingerprint density at radius 3 is 2.67 bits per heavy atom. The van der Waals surface area contributed by atoms with Gasteiger partial charge in [0, 0.05) is 25.4 Å². The van der Waals surface area contributed by atoms with Gasteiger partial charge >= 0.3 is 0 Å². The minimum absolute atomic E-state index is 0.0331. The largest absolute Gasteiger partial charge is 0.338 e. The summed E-state index contributed by atoms with van der Waals surface area (Å²) in [6, 6.07) is 6.41. The molecular formula is C15H22N2O3S. The number of nitrogens with zero attached hydrogens (tertiary/aromatic N) is 1. The van der Waals surface area contributed by atoms with E-state index >= 15 is 0 Å². The van der Waals surface area contributed by atoms with Crippen molar-refractivity contribution in [1.29, 1.82) is 0 Å². The van der Waals surface area contributed by atoms with Crippen molar-refractivity contribution in [1.82, 2.24) is 4.90 Å². The van der Waals surface area contributed by atoms with E-state index in [4.69, 9.17) is 5.73 Å². The lowest BCUT2D eigenvalue weighted by Crippen LogP contribution is -2.45. The van der Waals surface area contributed by atoms with E-state index in [2.05, 4.69) is 0 Å². The minimum atomic E-state index is -3.42. The summed E-state index contributed by atoms with van der Waals surface area (Å²) in [5, 5.41) is 0. The van der Waals surface area contributed by atoms with Gasteiger partial charge in [-0.25, -0.2) is 8.42 Å². The number of likely N-dealkylation sites (tertiary alicyclic amines) is 1. The monoisotopic (exact) mass is 310 g/mol. The number of hydrogen-bond acceptors (Lipinski definition) is 4. The molecule has 1 aliphatic rings. The van der Waals surface area contributed by atoms with Crippen molar-refractivity contribution in [3.05, 3.63) is 29.8 Å². The molecule has 0 unspecified atom stereocenters. The van der Waals surface area contributed by atoms with E-state index in [0.717, 1.165) is 19.1 Å². The number of amides is 1. The van der Waals surface area contributed by atoms with Crippen LogP contribution >= 0.6 is 0 Å². The predicted octanol–water partition coefficient (Wildman–Crippen LogP) is 1.29. The molecule has 0 saturated carbocycles. The maximum absolute atomic E-state index is 12.7. The molecule has 1 heterocycles. The third-order valence-corrected chi connectivity index (χ3v) is 5.16. The van der Waals surface area contributed by atoms with Gasteiger partial charge in [-0.3, -0.25) is 4.79 Å². The van der Waals surface area contributed by atoms with Gasteiger partial charge in [0.1, 0.15) is 0 Å². The highest BCUT2D eigenvalue weighted by atomic mass is 32.2. The molecule has 21 heavy (non-hydrogen) atoms. The first-order valence-corrected chi connectivity index (χ1v) is 9.04. The molecule has 0 aromatic heterocycles. The Balaban J connectivity index is 2.29. The zero-order chi connectivity index (χ0) is 15.6. The molecular weight excluding hydrogens is 288 g/mol. The number of sulfone groups is 1. The third kappa shape index (κ3) is 3.63. The van der Waals surface area contributed by atoms with Crippen LogP contribution in [0.3, 0.4) is 0 Å². The van der Waals surface area contributed by atoms with Crippen LogP contribution in [-0.4, -0.2) is 44.6 Å². The molecule has 6 heteroatoms. The van der Waals surface area contributed by atoms with Gasteiger partial charge in [0.05, 0.1) is 10.5 Å². The van der Waals surface area contributed by atoms with E-state index in [0.29, 0.717) is 13.1 Å². The van der Waals surface area contributed by atoms with Crippen molar-refractivity contribution >= 4 is 15.7 Å². The Bertz CT molecular complexity index is 626. The number of hydrogen-bond donors (Lipinski definition) is 1. The lowest BCUT2D eigenvalue weighted by atomic mass is 9.92. The molecule has 2 rings (SSSR count). The zero-order valence-corrected chi connectivity index (χ0v) is 13.3. The first-order chi connectivity index (χ1) is 9.80. The van der Waals surface area contributed by atoms with Crippen LogP contribution in [0.25, 0.3) is 0 Å². The van der Waals surface area contributed by atoms with Gasteiger partial charge in [0.25, 0.3) is 5.91 Å². The molecule has 2 atom stereocenters. The van der Waals surface area contributed by atoms with Crippen LogP contribution in [0.5, 0.6) is 0 Å². The van der Waals surface area contributed by atoms with E-state index in [1.807, 2.05) is 6.92 Å². The summed E-state index contributed by atoms with van der Waals surface area (Å²) in [7, 11) is -3.42. The van der Waals surface area contributed by atoms with Crippen LogP contribution in [0.2, 0.25) is 0 Å². The van der Waals surface area contributed by atoms with E-state index < -0.39 is 9.84 Å². The molecule has 2 N–H and O–H groups in total. The molecule has 116 valence electrons. The van der Waals surface area contributed by atoms with E-state index in [1.54, 1.807) is 23.1 Å². The van der Waals surface area contributed by atoms with Gasteiger partial charge in [-0.1, -0.05) is 12.1 Å². The van der Waals surface area contributed by atoms with Crippen molar-refractivity contribution in [3.8, 4) is 0 Å². The summed E-state index contributed by atoms with van der Waals surface area (Å²) in [5.41, 5.74) is 6.19. The maximum Gasteiger partial charge on any atom is 0.255 e. The van der Waals surface area contributed by atoms with Gasteiger partial charge in [-0.2, -0.15) is 0 Å². The van der Waals surface area contributed by atoms with E-state index in [9.17, 15) is 13.2 Å². The molecule has 1 aromatic carbocycles. The quantitative estimate of drug-likeness (QED) is 0.912. The number of rotatable bonds is 3. The van der Waals surface area contributed by atoms with Crippen molar-refractivity contribution in [2.75, 3.05) is 19.3 Å². The van der Waals surface area contributed by atoms with Crippen molar-refractivity contribution in [3.63, 3.8) is 0 Å². The standard InChI is InChI=1S/C15H22N2O3S/c1-11(16)12-6-5-9-17(10-12)15(18)13-7-3-4-8-14(13)21(2,19)20/h3-4,7-8,11-12H,5-6,9-10,16H2,1-2H3/t11-,12-/m0/s1. The normalized spacial score (nSPS) is 21.1. The molecule has 0 aliphatic carbocycles. The molecule has 1 fully saturated rings. The van der Waals surface area contributed by atoms with Crippen molar-refractivity contribution < 1.29 is 13.2 Å². The first-order valence-electron chi connectivity index (χ1n) is 7.14. The van der Waals surface area contributed by atoms with Crippen LogP contribution in [0.4, 0.5) is 0 Å². The molecule has 1 amide bonds. The number of carbonyl (C=O) groups excluding carboxylic acids is 1. The SMILES string of the molecule is C[C@H](N)[C@H]1CCCN(C(=O)c2ccccc2S(C)(=O)=O)C1. The second-order valence-electron chi connectivity index (χ2n) is 5.78. The van der Waals surface area contributed by atoms with Gasteiger partial charge in [0.15, 0.2) is 9.84 Å². The summed E-state index contributed by atoms with van der Waals surface area (Å²) in [5.74, 6) is 0.0504. The Hall–Kier alpha value is -1.40. The van der Waals surface area contributed by atoms with Crippen LogP contribution < -0.4 is 5.73 Å². The highest BCUT2D eigenvalue weighted by Crippen LogP contribution is 2.23. The topological polar surface area (TPSA) is 80.5 Å². The molecule has 0 radical (unpaired) electrons. The van der Waals surface area contributed by atoms with Gasteiger partial charge in [-0.15, -0.1) is 0 Å². The predicted molar refractivity (Wildman–Crippen MR) is 81.8 cm³/mol. The Morgan fingerprint density at radius 1 is 1.38 bits per heavy atom. The highest BCUT2D eigenvalue weighted by molar-refractivity contribution is 7.90. The fourth-order valence-electron chi connectivity index (χ4n) is 2.76. The fraction of sp³-hybridized carbons (Fsp3) is 0.533. The Kier molecular flexibility index (Phi) is 4.68. The molecule has 1 aromatic rings. The van der Waals surface area contributed by atoms with E-state index in [-0.39, 0.29) is 28.3 Å². The molecule has 5 nitrogen and oxygen atoms in total. The van der Waals surface area contributed by atoms with Crippen molar-refractivity contribution in [2.24, 2.45) is 11.7 Å². The van der Waals surface area contributed by atoms with Gasteiger partial charge < -0.3 is 10.6 Å². The number of piperidine rings is 1. The average Bonchev–Trinajstić information content (AvgIpc) is 2.45. The van der Waals surface area contributed by atoms with Gasteiger partial charge in [0.2, 0.25) is 0 Å². The molecule has 0 spiro atoms. The van der Waals surface area contributed by atoms with Crippen LogP contribution in [-0.2, 0) is 9.84 Å². The van der Waals surface area contributed by atoms with Crippen LogP contribution in [0, 0.1) is 5.92 Å². The summed E-state index contributed by atoms with van der Waals surface area (Å²) in [4.78, 5) is 14.5. The summed E-state index contributed by atoms with van der Waals surface area (Å²) in [6.45, 7) is 3.19. The number of nitrogens with two attached hydrogens (primary N) is 1. The summed E-state index contributed by atoms with van der Waals surface area (Å²) >= 11 is 0. The van der Waals surface area contributed by atoms with E-state index in [1.165, 1.54) is 6.07 Å². The second kappa shape index (κ2) is 6.15. The first kappa shape index (κ1) is 16.0. The Morgan fingerprint density at radius 2 is 2.05 bits per heavy atom. The lowest BCUT2D eigenvalue weighted by Gasteiger charge is -2.35. The number of benzene rings is 1. The summed E-state index contributed by atoms with van der Waals surface area (Å²) in [6.07, 6.45) is 3.04. The number of carbonyl (C=O) groups is 1. The van der Waals surface area contributed by atoms with Crippen molar-refractivity contribution in [2.45, 2.75) is 30.7 Å².